The lowest BCUT2D eigenvalue weighted by Gasteiger charge is -2.27. The van der Waals surface area contributed by atoms with Crippen molar-refractivity contribution in [2.75, 3.05) is 43.9 Å². The van der Waals surface area contributed by atoms with Gasteiger partial charge < -0.3 is 4.90 Å². The maximum atomic E-state index is 12.8. The first kappa shape index (κ1) is 17.4. The van der Waals surface area contributed by atoms with E-state index in [-0.39, 0.29) is 11.9 Å². The lowest BCUT2D eigenvalue weighted by molar-refractivity contribution is -0.120. The van der Waals surface area contributed by atoms with Crippen molar-refractivity contribution in [1.29, 1.82) is 0 Å². The van der Waals surface area contributed by atoms with Gasteiger partial charge in [0.1, 0.15) is 0 Å². The van der Waals surface area contributed by atoms with Crippen molar-refractivity contribution >= 4 is 21.6 Å². The molecule has 0 bridgehead atoms. The highest BCUT2D eigenvalue weighted by Gasteiger charge is 2.31. The average molecular weight is 351 g/mol. The predicted molar refractivity (Wildman–Crippen MR) is 94.6 cm³/mol. The second-order valence-electron chi connectivity index (χ2n) is 6.74. The Morgan fingerprint density at radius 3 is 2.67 bits per heavy atom. The van der Waals surface area contributed by atoms with E-state index < -0.39 is 10.0 Å². The van der Waals surface area contributed by atoms with Crippen LogP contribution >= 0.6 is 0 Å². The van der Waals surface area contributed by atoms with Crippen LogP contribution in [0.3, 0.4) is 0 Å². The second kappa shape index (κ2) is 6.82. The van der Waals surface area contributed by atoms with Crippen molar-refractivity contribution in [1.82, 2.24) is 9.21 Å². The molecule has 1 aromatic carbocycles. The van der Waals surface area contributed by atoms with E-state index in [2.05, 4.69) is 17.9 Å². The van der Waals surface area contributed by atoms with E-state index in [4.69, 9.17) is 0 Å². The van der Waals surface area contributed by atoms with Gasteiger partial charge in [-0.3, -0.25) is 9.69 Å². The minimum absolute atomic E-state index is 0.0975. The summed E-state index contributed by atoms with van der Waals surface area (Å²) in [5.74, 6) is 0.0975. The Labute approximate surface area is 144 Å². The maximum Gasteiger partial charge on any atom is 0.241 e. The number of sulfonamides is 1. The van der Waals surface area contributed by atoms with Gasteiger partial charge >= 0.3 is 0 Å². The fraction of sp³-hybridized carbons (Fsp3) is 0.588. The van der Waals surface area contributed by atoms with Gasteiger partial charge in [0.2, 0.25) is 15.9 Å². The van der Waals surface area contributed by atoms with Gasteiger partial charge in [-0.1, -0.05) is 18.2 Å². The molecule has 0 aromatic heterocycles. The number of carbonyl (C=O) groups is 1. The predicted octanol–water partition coefficient (Wildman–Crippen LogP) is 0.932. The summed E-state index contributed by atoms with van der Waals surface area (Å²) >= 11 is 0. The van der Waals surface area contributed by atoms with E-state index in [0.717, 1.165) is 25.1 Å². The highest BCUT2D eigenvalue weighted by atomic mass is 32.2. The summed E-state index contributed by atoms with van der Waals surface area (Å²) in [6, 6.07) is 8.23. The Balaban J connectivity index is 1.65. The van der Waals surface area contributed by atoms with Gasteiger partial charge in [0.25, 0.3) is 0 Å². The zero-order chi connectivity index (χ0) is 17.3. The minimum atomic E-state index is -3.15. The molecule has 2 aliphatic heterocycles. The first-order valence-corrected chi connectivity index (χ1v) is 10.3. The lowest BCUT2D eigenvalue weighted by Crippen LogP contribution is -2.44. The van der Waals surface area contributed by atoms with Crippen molar-refractivity contribution in [2.45, 2.75) is 25.8 Å². The zero-order valence-corrected chi connectivity index (χ0v) is 15.1. The quantitative estimate of drug-likeness (QED) is 0.813. The molecule has 0 radical (unpaired) electrons. The molecular weight excluding hydrogens is 326 g/mol. The lowest BCUT2D eigenvalue weighted by atomic mass is 10.1. The molecule has 1 saturated heterocycles. The third-order valence-electron chi connectivity index (χ3n) is 4.85. The number of benzene rings is 1. The Kier molecular flexibility index (Phi) is 4.94. The molecular formula is C17H25N3O3S. The van der Waals surface area contributed by atoms with E-state index in [1.807, 2.05) is 23.1 Å². The number of para-hydroxylation sites is 1. The highest BCUT2D eigenvalue weighted by Crippen LogP contribution is 2.31. The molecule has 0 unspecified atom stereocenters. The largest absolute Gasteiger partial charge is 0.308 e. The van der Waals surface area contributed by atoms with E-state index >= 15 is 0 Å². The van der Waals surface area contributed by atoms with Crippen LogP contribution < -0.4 is 4.90 Å². The molecule has 6 nitrogen and oxygen atoms in total. The topological polar surface area (TPSA) is 60.9 Å². The van der Waals surface area contributed by atoms with Crippen LogP contribution in [-0.4, -0.2) is 68.6 Å². The molecule has 132 valence electrons. The molecule has 1 amide bonds. The SMILES string of the molecule is C[C@H]1Cc2ccccc2N1C(=O)CN1CCCN(S(C)(=O)=O)CC1. The maximum absolute atomic E-state index is 12.8. The number of rotatable bonds is 3. The Morgan fingerprint density at radius 1 is 1.17 bits per heavy atom. The van der Waals surface area contributed by atoms with Crippen molar-refractivity contribution in [3.63, 3.8) is 0 Å². The Bertz CT molecular complexity index is 720. The van der Waals surface area contributed by atoms with E-state index in [0.29, 0.717) is 26.2 Å². The molecule has 1 aromatic rings. The number of fused-ring (bicyclic) bond motifs is 1. The summed E-state index contributed by atoms with van der Waals surface area (Å²) in [5, 5.41) is 0. The summed E-state index contributed by atoms with van der Waals surface area (Å²) in [7, 11) is -3.15. The van der Waals surface area contributed by atoms with Crippen molar-refractivity contribution in [3.8, 4) is 0 Å². The van der Waals surface area contributed by atoms with Crippen LogP contribution in [0.15, 0.2) is 24.3 Å². The Hall–Kier alpha value is -1.44. The average Bonchev–Trinajstić information content (AvgIpc) is 2.67. The number of carbonyl (C=O) groups excluding carboxylic acids is 1. The third kappa shape index (κ3) is 3.63. The molecule has 0 saturated carbocycles. The molecule has 7 heteroatoms. The van der Waals surface area contributed by atoms with Gasteiger partial charge in [0.15, 0.2) is 0 Å². The molecule has 0 spiro atoms. The second-order valence-corrected chi connectivity index (χ2v) is 8.72. The van der Waals surface area contributed by atoms with Crippen LogP contribution in [0.25, 0.3) is 0 Å². The number of hydrogen-bond donors (Lipinski definition) is 0. The third-order valence-corrected chi connectivity index (χ3v) is 6.15. The molecule has 24 heavy (non-hydrogen) atoms. The molecule has 2 heterocycles. The van der Waals surface area contributed by atoms with Gasteiger partial charge in [-0.25, -0.2) is 12.7 Å². The molecule has 2 aliphatic rings. The molecule has 1 fully saturated rings. The summed E-state index contributed by atoms with van der Waals surface area (Å²) in [6.07, 6.45) is 2.90. The van der Waals surface area contributed by atoms with Crippen LogP contribution in [0.4, 0.5) is 5.69 Å². The molecule has 1 atom stereocenters. The van der Waals surface area contributed by atoms with E-state index in [1.54, 1.807) is 0 Å². The first-order valence-electron chi connectivity index (χ1n) is 8.43. The number of hydrogen-bond acceptors (Lipinski definition) is 4. The summed E-state index contributed by atoms with van der Waals surface area (Å²) < 4.78 is 24.9. The van der Waals surface area contributed by atoms with Crippen LogP contribution in [0, 0.1) is 0 Å². The van der Waals surface area contributed by atoms with Gasteiger partial charge in [0, 0.05) is 31.4 Å². The monoisotopic (exact) mass is 351 g/mol. The number of amides is 1. The van der Waals surface area contributed by atoms with Gasteiger partial charge in [-0.2, -0.15) is 0 Å². The summed E-state index contributed by atoms with van der Waals surface area (Å²) in [5.41, 5.74) is 2.24. The van der Waals surface area contributed by atoms with Crippen molar-refractivity contribution in [3.05, 3.63) is 29.8 Å². The first-order chi connectivity index (χ1) is 11.4. The summed E-state index contributed by atoms with van der Waals surface area (Å²) in [4.78, 5) is 16.8. The molecule has 0 N–H and O–H groups in total. The van der Waals surface area contributed by atoms with E-state index in [9.17, 15) is 13.2 Å². The van der Waals surface area contributed by atoms with Crippen molar-refractivity contribution < 1.29 is 13.2 Å². The Morgan fingerprint density at radius 2 is 1.92 bits per heavy atom. The molecule has 0 aliphatic carbocycles. The summed E-state index contributed by atoms with van der Waals surface area (Å²) in [6.45, 7) is 4.76. The van der Waals surface area contributed by atoms with Crippen LogP contribution in [0.1, 0.15) is 18.9 Å². The smallest absolute Gasteiger partial charge is 0.241 e. The number of anilines is 1. The highest BCUT2D eigenvalue weighted by molar-refractivity contribution is 7.88. The van der Waals surface area contributed by atoms with Crippen LogP contribution in [-0.2, 0) is 21.2 Å². The normalized spacial score (nSPS) is 23.1. The van der Waals surface area contributed by atoms with Crippen LogP contribution in [0.2, 0.25) is 0 Å². The standard InChI is InChI=1S/C17H25N3O3S/c1-14-12-15-6-3-4-7-16(15)20(14)17(21)13-18-8-5-9-19(11-10-18)24(2,22)23/h3-4,6-7,14H,5,8-13H2,1-2H3/t14-/m0/s1. The van der Waals surface area contributed by atoms with E-state index in [1.165, 1.54) is 16.1 Å². The molecule has 3 rings (SSSR count). The minimum Gasteiger partial charge on any atom is -0.308 e. The van der Waals surface area contributed by atoms with Gasteiger partial charge in [-0.05, 0) is 37.9 Å². The van der Waals surface area contributed by atoms with Crippen LogP contribution in [0.5, 0.6) is 0 Å². The fourth-order valence-corrected chi connectivity index (χ4v) is 4.52. The van der Waals surface area contributed by atoms with Gasteiger partial charge in [-0.15, -0.1) is 0 Å². The fourth-order valence-electron chi connectivity index (χ4n) is 3.65. The van der Waals surface area contributed by atoms with Crippen molar-refractivity contribution in [2.24, 2.45) is 0 Å². The zero-order valence-electron chi connectivity index (χ0n) is 14.3. The number of nitrogens with zero attached hydrogens (tertiary/aromatic N) is 3. The van der Waals surface area contributed by atoms with Gasteiger partial charge in [0.05, 0.1) is 12.8 Å².